The zero-order chi connectivity index (χ0) is 13.8. The smallest absolute Gasteiger partial charge is 0.194 e. The van der Waals surface area contributed by atoms with E-state index < -0.39 is 0 Å². The summed E-state index contributed by atoms with van der Waals surface area (Å²) in [7, 11) is 0. The molecular formula is C13H15N5S2. The monoisotopic (exact) mass is 305 g/mol. The van der Waals surface area contributed by atoms with Gasteiger partial charge in [0, 0.05) is 30.5 Å². The van der Waals surface area contributed by atoms with Gasteiger partial charge in [0.25, 0.3) is 0 Å². The molecule has 3 rings (SSSR count). The fourth-order valence-electron chi connectivity index (χ4n) is 1.86. The molecule has 1 N–H and O–H groups in total. The van der Waals surface area contributed by atoms with Gasteiger partial charge in [0.2, 0.25) is 0 Å². The minimum absolute atomic E-state index is 0.731. The van der Waals surface area contributed by atoms with Gasteiger partial charge in [-0.05, 0) is 30.8 Å². The maximum Gasteiger partial charge on any atom is 0.194 e. The molecule has 0 saturated carbocycles. The van der Waals surface area contributed by atoms with E-state index in [1.54, 1.807) is 23.7 Å². The van der Waals surface area contributed by atoms with E-state index in [0.29, 0.717) is 0 Å². The predicted octanol–water partition coefficient (Wildman–Crippen LogP) is 2.84. The van der Waals surface area contributed by atoms with Crippen molar-refractivity contribution in [3.05, 3.63) is 35.7 Å². The lowest BCUT2D eigenvalue weighted by atomic mass is 10.4. The molecule has 0 radical (unpaired) electrons. The van der Waals surface area contributed by atoms with Crippen molar-refractivity contribution in [2.75, 3.05) is 6.54 Å². The minimum Gasteiger partial charge on any atom is -0.311 e. The normalized spacial score (nSPS) is 11.2. The second kappa shape index (κ2) is 6.34. The Bertz CT molecular complexity index is 676. The van der Waals surface area contributed by atoms with Crippen LogP contribution in [0.2, 0.25) is 0 Å². The van der Waals surface area contributed by atoms with Crippen molar-refractivity contribution in [3.63, 3.8) is 0 Å². The standard InChI is InChI=1S/C13H15N5S2/c1-2-4-14-9-10-11(17-13-18(10)7-8-19-13)20-12-15-5-3-6-16-12/h3,5-8,14H,2,4,9H2,1H3. The Labute approximate surface area is 125 Å². The molecule has 0 fully saturated rings. The van der Waals surface area contributed by atoms with E-state index >= 15 is 0 Å². The number of aromatic nitrogens is 4. The van der Waals surface area contributed by atoms with Crippen molar-refractivity contribution >= 4 is 28.1 Å². The summed E-state index contributed by atoms with van der Waals surface area (Å²) >= 11 is 3.16. The van der Waals surface area contributed by atoms with Crippen LogP contribution < -0.4 is 5.32 Å². The van der Waals surface area contributed by atoms with Gasteiger partial charge >= 0.3 is 0 Å². The molecule has 0 amide bonds. The molecule has 3 heterocycles. The van der Waals surface area contributed by atoms with Crippen molar-refractivity contribution in [3.8, 4) is 0 Å². The quantitative estimate of drug-likeness (QED) is 0.560. The van der Waals surface area contributed by atoms with E-state index in [1.807, 2.05) is 6.07 Å². The lowest BCUT2D eigenvalue weighted by Crippen LogP contribution is -2.15. The van der Waals surface area contributed by atoms with Crippen LogP contribution in [0.1, 0.15) is 19.0 Å². The highest BCUT2D eigenvalue weighted by Crippen LogP contribution is 2.29. The fourth-order valence-corrected chi connectivity index (χ4v) is 3.47. The van der Waals surface area contributed by atoms with Gasteiger partial charge in [0.05, 0.1) is 5.69 Å². The Balaban J connectivity index is 1.88. The van der Waals surface area contributed by atoms with E-state index in [4.69, 9.17) is 0 Å². The average molecular weight is 305 g/mol. The van der Waals surface area contributed by atoms with Gasteiger partial charge in [-0.1, -0.05) is 6.92 Å². The molecule has 5 nitrogen and oxygen atoms in total. The SMILES string of the molecule is CCCNCc1c(Sc2ncccn2)nc2sccn12. The van der Waals surface area contributed by atoms with Crippen molar-refractivity contribution in [1.29, 1.82) is 0 Å². The first-order valence-corrected chi connectivity index (χ1v) is 8.18. The van der Waals surface area contributed by atoms with Gasteiger partial charge in [-0.25, -0.2) is 15.0 Å². The average Bonchev–Trinajstić information content (AvgIpc) is 3.03. The van der Waals surface area contributed by atoms with Crippen molar-refractivity contribution in [1.82, 2.24) is 24.7 Å². The molecule has 0 atom stereocenters. The van der Waals surface area contributed by atoms with E-state index in [9.17, 15) is 0 Å². The van der Waals surface area contributed by atoms with Crippen LogP contribution >= 0.6 is 23.1 Å². The Morgan fingerprint density at radius 3 is 3.00 bits per heavy atom. The molecule has 3 aromatic rings. The van der Waals surface area contributed by atoms with Crippen molar-refractivity contribution in [2.45, 2.75) is 30.1 Å². The van der Waals surface area contributed by atoms with Crippen LogP contribution in [0.15, 0.2) is 40.2 Å². The zero-order valence-electron chi connectivity index (χ0n) is 11.1. The molecule has 20 heavy (non-hydrogen) atoms. The molecule has 0 saturated heterocycles. The summed E-state index contributed by atoms with van der Waals surface area (Å²) in [5.74, 6) is 0. The minimum atomic E-state index is 0.731. The van der Waals surface area contributed by atoms with Crippen LogP contribution in [0.3, 0.4) is 0 Å². The highest BCUT2D eigenvalue weighted by molar-refractivity contribution is 7.99. The molecule has 0 bridgehead atoms. The van der Waals surface area contributed by atoms with Crippen molar-refractivity contribution < 1.29 is 0 Å². The first kappa shape index (κ1) is 13.5. The number of nitrogens with zero attached hydrogens (tertiary/aromatic N) is 4. The third-order valence-corrected chi connectivity index (χ3v) is 4.44. The van der Waals surface area contributed by atoms with Gasteiger partial charge in [-0.2, -0.15) is 0 Å². The molecule has 7 heteroatoms. The molecule has 0 aromatic carbocycles. The van der Waals surface area contributed by atoms with Gasteiger partial charge < -0.3 is 5.32 Å². The molecule has 104 valence electrons. The first-order chi connectivity index (χ1) is 9.88. The van der Waals surface area contributed by atoms with E-state index in [1.165, 1.54) is 17.5 Å². The second-order valence-electron chi connectivity index (χ2n) is 4.23. The molecule has 0 aliphatic rings. The van der Waals surface area contributed by atoms with Crippen LogP contribution in [0.4, 0.5) is 0 Å². The summed E-state index contributed by atoms with van der Waals surface area (Å²) in [6, 6.07) is 1.82. The van der Waals surface area contributed by atoms with Gasteiger partial charge in [0.1, 0.15) is 5.03 Å². The Morgan fingerprint density at radius 2 is 2.20 bits per heavy atom. The molecular weight excluding hydrogens is 290 g/mol. The predicted molar refractivity (Wildman–Crippen MR) is 81.2 cm³/mol. The lowest BCUT2D eigenvalue weighted by molar-refractivity contribution is 0.653. The largest absolute Gasteiger partial charge is 0.311 e. The highest BCUT2D eigenvalue weighted by Gasteiger charge is 2.14. The fraction of sp³-hybridized carbons (Fsp3) is 0.308. The number of thiazole rings is 1. The third-order valence-electron chi connectivity index (χ3n) is 2.77. The van der Waals surface area contributed by atoms with Gasteiger partial charge in [-0.3, -0.25) is 4.40 Å². The highest BCUT2D eigenvalue weighted by atomic mass is 32.2. The summed E-state index contributed by atoms with van der Waals surface area (Å²) < 4.78 is 2.14. The molecule has 3 aromatic heterocycles. The Kier molecular flexibility index (Phi) is 4.29. The van der Waals surface area contributed by atoms with E-state index in [2.05, 4.69) is 43.2 Å². The molecule has 0 spiro atoms. The maximum atomic E-state index is 4.67. The third kappa shape index (κ3) is 2.84. The summed E-state index contributed by atoms with van der Waals surface area (Å²) in [6.45, 7) is 3.97. The molecule has 0 aliphatic carbocycles. The van der Waals surface area contributed by atoms with E-state index in [-0.39, 0.29) is 0 Å². The Morgan fingerprint density at radius 1 is 1.35 bits per heavy atom. The van der Waals surface area contributed by atoms with Crippen LogP contribution in [-0.4, -0.2) is 25.9 Å². The topological polar surface area (TPSA) is 55.1 Å². The van der Waals surface area contributed by atoms with Crippen LogP contribution in [-0.2, 0) is 6.54 Å². The summed E-state index contributed by atoms with van der Waals surface area (Å²) in [6.07, 6.45) is 6.69. The maximum absolute atomic E-state index is 4.67. The van der Waals surface area contributed by atoms with Crippen molar-refractivity contribution in [2.24, 2.45) is 0 Å². The van der Waals surface area contributed by atoms with Gasteiger partial charge in [0.15, 0.2) is 10.1 Å². The number of hydrogen-bond donors (Lipinski definition) is 1. The summed E-state index contributed by atoms with van der Waals surface area (Å²) in [4.78, 5) is 14.2. The van der Waals surface area contributed by atoms with E-state index in [0.717, 1.165) is 34.7 Å². The number of rotatable bonds is 6. The second-order valence-corrected chi connectivity index (χ2v) is 6.06. The zero-order valence-corrected chi connectivity index (χ0v) is 12.7. The number of nitrogens with one attached hydrogen (secondary N) is 1. The first-order valence-electron chi connectivity index (χ1n) is 6.48. The number of fused-ring (bicyclic) bond motifs is 1. The molecule has 0 unspecified atom stereocenters. The summed E-state index contributed by atoms with van der Waals surface area (Å²) in [5, 5.41) is 7.20. The Hall–Kier alpha value is -1.44. The molecule has 0 aliphatic heterocycles. The van der Waals surface area contributed by atoms with Crippen LogP contribution in [0, 0.1) is 0 Å². The number of imidazole rings is 1. The summed E-state index contributed by atoms with van der Waals surface area (Å²) in [5.41, 5.74) is 1.17. The number of hydrogen-bond acceptors (Lipinski definition) is 6. The van der Waals surface area contributed by atoms with Crippen LogP contribution in [0.5, 0.6) is 0 Å². The van der Waals surface area contributed by atoms with Gasteiger partial charge in [-0.15, -0.1) is 11.3 Å². The van der Waals surface area contributed by atoms with Crippen LogP contribution in [0.25, 0.3) is 4.96 Å². The lowest BCUT2D eigenvalue weighted by Gasteiger charge is -2.04.